The molecule has 1 aromatic heterocycles. The molecule has 180 valence electrons. The van der Waals surface area contributed by atoms with Crippen LogP contribution < -0.4 is 19.7 Å². The van der Waals surface area contributed by atoms with Gasteiger partial charge in [-0.3, -0.25) is 14.3 Å². The molecule has 0 saturated carbocycles. The lowest BCUT2D eigenvalue weighted by Crippen LogP contribution is -2.32. The van der Waals surface area contributed by atoms with Crippen molar-refractivity contribution in [3.63, 3.8) is 0 Å². The Bertz CT molecular complexity index is 1430. The molecule has 13 heteroatoms. The summed E-state index contributed by atoms with van der Waals surface area (Å²) in [5, 5.41) is 9.86. The van der Waals surface area contributed by atoms with Crippen LogP contribution in [-0.4, -0.2) is 37.0 Å². The number of sulfonamides is 1. The quantitative estimate of drug-likeness (QED) is 0.418. The smallest absolute Gasteiger partial charge is 0.283 e. The van der Waals surface area contributed by atoms with E-state index in [1.54, 1.807) is 31.2 Å². The minimum atomic E-state index is -3.96. The third kappa shape index (κ3) is 5.06. The molecular weight excluding hydrogens is 517 g/mol. The van der Waals surface area contributed by atoms with Crippen LogP contribution in [0.15, 0.2) is 76.3 Å². The molecule has 0 radical (unpaired) electrons. The van der Waals surface area contributed by atoms with Gasteiger partial charge in [0, 0.05) is 5.69 Å². The Morgan fingerprint density at radius 1 is 0.943 bits per heavy atom. The van der Waals surface area contributed by atoms with Crippen LogP contribution >= 0.6 is 23.2 Å². The standard InChI is InChI=1S/C22H17Cl2N5O5S/c1-2-34-16-6-4-3-5-15(16)29-21(30)19(24)20(22(29)31)25-13-7-9-14(10-8-13)35(32,33)28-18-12-11-17(23)26-27-18/h3-12,25H,2H2,1H3,(H,27,28). The van der Waals surface area contributed by atoms with Crippen molar-refractivity contribution in [2.24, 2.45) is 0 Å². The highest BCUT2D eigenvalue weighted by Gasteiger charge is 2.40. The van der Waals surface area contributed by atoms with Crippen molar-refractivity contribution in [3.8, 4) is 5.75 Å². The van der Waals surface area contributed by atoms with Crippen molar-refractivity contribution >= 4 is 62.2 Å². The van der Waals surface area contributed by atoms with Gasteiger partial charge in [-0.05, 0) is 55.5 Å². The largest absolute Gasteiger partial charge is 0.492 e. The number of aromatic nitrogens is 2. The number of benzene rings is 2. The lowest BCUT2D eigenvalue weighted by Gasteiger charge is -2.18. The van der Waals surface area contributed by atoms with E-state index in [1.165, 1.54) is 36.4 Å². The number of ether oxygens (including phenoxy) is 1. The lowest BCUT2D eigenvalue weighted by molar-refractivity contribution is -0.120. The van der Waals surface area contributed by atoms with E-state index >= 15 is 0 Å². The van der Waals surface area contributed by atoms with Crippen molar-refractivity contribution in [2.45, 2.75) is 11.8 Å². The minimum absolute atomic E-state index is 0.00368. The van der Waals surface area contributed by atoms with Gasteiger partial charge >= 0.3 is 0 Å². The van der Waals surface area contributed by atoms with E-state index in [-0.39, 0.29) is 32.3 Å². The monoisotopic (exact) mass is 533 g/mol. The highest BCUT2D eigenvalue weighted by atomic mass is 35.5. The molecule has 0 fully saturated rings. The highest BCUT2D eigenvalue weighted by molar-refractivity contribution is 7.92. The number of carbonyl (C=O) groups is 2. The van der Waals surface area contributed by atoms with Gasteiger partial charge < -0.3 is 10.1 Å². The van der Waals surface area contributed by atoms with Crippen LogP contribution in [0.3, 0.4) is 0 Å². The van der Waals surface area contributed by atoms with Gasteiger partial charge in [-0.2, -0.15) is 0 Å². The van der Waals surface area contributed by atoms with Crippen LogP contribution in [0.2, 0.25) is 5.15 Å². The number of para-hydroxylation sites is 2. The first-order valence-electron chi connectivity index (χ1n) is 10.1. The fraction of sp³-hybridized carbons (Fsp3) is 0.0909. The van der Waals surface area contributed by atoms with E-state index in [0.29, 0.717) is 18.0 Å². The number of hydrogen-bond acceptors (Lipinski definition) is 8. The summed E-state index contributed by atoms with van der Waals surface area (Å²) in [5.41, 5.74) is 0.453. The SMILES string of the molecule is CCOc1ccccc1N1C(=O)C(Cl)=C(Nc2ccc(S(=O)(=O)Nc3ccc(Cl)nn3)cc2)C1=O. The number of rotatable bonds is 8. The molecule has 0 unspecified atom stereocenters. The maximum Gasteiger partial charge on any atom is 0.283 e. The molecule has 35 heavy (non-hydrogen) atoms. The van der Waals surface area contributed by atoms with E-state index in [2.05, 4.69) is 20.2 Å². The Balaban J connectivity index is 1.53. The molecule has 2 N–H and O–H groups in total. The molecule has 0 spiro atoms. The number of hydrogen-bond donors (Lipinski definition) is 2. The predicted octanol–water partition coefficient (Wildman–Crippen LogP) is 3.77. The summed E-state index contributed by atoms with van der Waals surface area (Å²) < 4.78 is 33.0. The summed E-state index contributed by atoms with van der Waals surface area (Å²) in [6.07, 6.45) is 0. The van der Waals surface area contributed by atoms with Crippen molar-refractivity contribution in [1.82, 2.24) is 10.2 Å². The van der Waals surface area contributed by atoms with E-state index in [0.717, 1.165) is 4.90 Å². The van der Waals surface area contributed by atoms with E-state index in [1.807, 2.05) is 0 Å². The molecule has 3 aromatic rings. The maximum absolute atomic E-state index is 13.1. The van der Waals surface area contributed by atoms with Crippen LogP contribution in [0.4, 0.5) is 17.2 Å². The molecular formula is C22H17Cl2N5O5S. The Morgan fingerprint density at radius 2 is 1.66 bits per heavy atom. The van der Waals surface area contributed by atoms with Crippen LogP contribution in [0, 0.1) is 0 Å². The highest BCUT2D eigenvalue weighted by Crippen LogP contribution is 2.35. The fourth-order valence-corrected chi connectivity index (χ4v) is 4.49. The Hall–Kier alpha value is -3.67. The summed E-state index contributed by atoms with van der Waals surface area (Å²) >= 11 is 11.8. The number of amides is 2. The average Bonchev–Trinajstić information content (AvgIpc) is 3.04. The van der Waals surface area contributed by atoms with Gasteiger partial charge in [-0.15, -0.1) is 10.2 Å². The first-order chi connectivity index (χ1) is 16.7. The molecule has 0 atom stereocenters. The molecule has 0 saturated heterocycles. The number of imide groups is 1. The average molecular weight is 534 g/mol. The number of nitrogens with zero attached hydrogens (tertiary/aromatic N) is 3. The molecule has 2 aromatic carbocycles. The van der Waals surface area contributed by atoms with Crippen molar-refractivity contribution in [2.75, 3.05) is 21.5 Å². The minimum Gasteiger partial charge on any atom is -0.492 e. The molecule has 4 rings (SSSR count). The van der Waals surface area contributed by atoms with Crippen LogP contribution in [-0.2, 0) is 19.6 Å². The van der Waals surface area contributed by atoms with Gasteiger partial charge in [-0.25, -0.2) is 13.3 Å². The van der Waals surface area contributed by atoms with Crippen molar-refractivity contribution < 1.29 is 22.7 Å². The predicted molar refractivity (Wildman–Crippen MR) is 131 cm³/mol. The first kappa shape index (κ1) is 24.5. The summed E-state index contributed by atoms with van der Waals surface area (Å²) in [7, 11) is -3.96. The molecule has 2 amide bonds. The zero-order valence-electron chi connectivity index (χ0n) is 18.0. The number of halogens is 2. The van der Waals surface area contributed by atoms with Crippen LogP contribution in [0.25, 0.3) is 0 Å². The molecule has 2 heterocycles. The Kier molecular flexibility index (Phi) is 6.92. The van der Waals surface area contributed by atoms with E-state index in [4.69, 9.17) is 27.9 Å². The first-order valence-corrected chi connectivity index (χ1v) is 12.3. The maximum atomic E-state index is 13.1. The molecule has 1 aliphatic rings. The Morgan fingerprint density at radius 3 is 2.31 bits per heavy atom. The summed E-state index contributed by atoms with van der Waals surface area (Å²) in [4.78, 5) is 26.7. The van der Waals surface area contributed by atoms with Crippen molar-refractivity contribution in [3.05, 3.63) is 76.5 Å². The summed E-state index contributed by atoms with van der Waals surface area (Å²) in [6.45, 7) is 2.12. The van der Waals surface area contributed by atoms with Gasteiger partial charge in [0.25, 0.3) is 21.8 Å². The lowest BCUT2D eigenvalue weighted by atomic mass is 10.2. The second kappa shape index (κ2) is 9.90. The summed E-state index contributed by atoms with van der Waals surface area (Å²) in [6, 6.07) is 14.8. The van der Waals surface area contributed by atoms with Gasteiger partial charge in [0.1, 0.15) is 16.5 Å². The third-order valence-electron chi connectivity index (χ3n) is 4.74. The second-order valence-corrected chi connectivity index (χ2v) is 9.48. The normalized spacial score (nSPS) is 13.9. The topological polar surface area (TPSA) is 131 Å². The number of anilines is 3. The number of carbonyl (C=O) groups excluding carboxylic acids is 2. The van der Waals surface area contributed by atoms with E-state index < -0.39 is 21.8 Å². The van der Waals surface area contributed by atoms with Crippen molar-refractivity contribution in [1.29, 1.82) is 0 Å². The van der Waals surface area contributed by atoms with Gasteiger partial charge in [0.15, 0.2) is 11.0 Å². The zero-order chi connectivity index (χ0) is 25.2. The summed E-state index contributed by atoms with van der Waals surface area (Å²) in [5.74, 6) is -1.03. The van der Waals surface area contributed by atoms with Gasteiger partial charge in [0.05, 0.1) is 17.2 Å². The second-order valence-electron chi connectivity index (χ2n) is 7.03. The number of nitrogens with one attached hydrogen (secondary N) is 2. The van der Waals surface area contributed by atoms with Gasteiger partial charge in [-0.1, -0.05) is 35.3 Å². The molecule has 0 aliphatic carbocycles. The molecule has 1 aliphatic heterocycles. The van der Waals surface area contributed by atoms with Crippen LogP contribution in [0.5, 0.6) is 5.75 Å². The molecule has 0 bridgehead atoms. The zero-order valence-corrected chi connectivity index (χ0v) is 20.4. The third-order valence-corrected chi connectivity index (χ3v) is 6.66. The fourth-order valence-electron chi connectivity index (χ4n) is 3.18. The van der Waals surface area contributed by atoms with Gasteiger partial charge in [0.2, 0.25) is 0 Å². The molecule has 10 nitrogen and oxygen atoms in total. The Labute approximate surface area is 210 Å². The van der Waals surface area contributed by atoms with Crippen LogP contribution in [0.1, 0.15) is 6.92 Å². The van der Waals surface area contributed by atoms with E-state index in [9.17, 15) is 18.0 Å².